The van der Waals surface area contributed by atoms with Gasteiger partial charge in [0.05, 0.1) is 19.8 Å². The van der Waals surface area contributed by atoms with Crippen molar-refractivity contribution in [3.8, 4) is 5.75 Å². The van der Waals surface area contributed by atoms with Crippen LogP contribution in [0.1, 0.15) is 12.8 Å². The highest BCUT2D eigenvalue weighted by Gasteiger charge is 2.28. The molecule has 1 saturated heterocycles. The van der Waals surface area contributed by atoms with Gasteiger partial charge >= 0.3 is 0 Å². The molecule has 114 valence electrons. The summed E-state index contributed by atoms with van der Waals surface area (Å²) < 4.78 is 10.6. The van der Waals surface area contributed by atoms with Crippen molar-refractivity contribution >= 4 is 17.6 Å². The fourth-order valence-electron chi connectivity index (χ4n) is 2.14. The first-order valence-electron chi connectivity index (χ1n) is 6.74. The van der Waals surface area contributed by atoms with Gasteiger partial charge in [-0.05, 0) is 25.0 Å². The molecule has 1 aliphatic heterocycles. The van der Waals surface area contributed by atoms with Crippen LogP contribution in [0.15, 0.2) is 29.3 Å². The van der Waals surface area contributed by atoms with Crippen LogP contribution in [0.3, 0.4) is 0 Å². The molecule has 1 aromatic carbocycles. The van der Waals surface area contributed by atoms with E-state index in [1.807, 2.05) is 24.3 Å². The summed E-state index contributed by atoms with van der Waals surface area (Å²) in [6, 6.07) is 7.37. The van der Waals surface area contributed by atoms with Gasteiger partial charge in [-0.1, -0.05) is 6.07 Å². The average Bonchev–Trinajstić information content (AvgIpc) is 2.94. The van der Waals surface area contributed by atoms with Crippen molar-refractivity contribution in [2.75, 3.05) is 19.0 Å². The van der Waals surface area contributed by atoms with E-state index in [2.05, 4.69) is 10.3 Å². The number of guanidine groups is 1. The average molecular weight is 292 g/mol. The molecule has 7 heteroatoms. The molecule has 7 nitrogen and oxygen atoms in total. The van der Waals surface area contributed by atoms with Gasteiger partial charge in [0.15, 0.2) is 5.96 Å². The third kappa shape index (κ3) is 4.35. The summed E-state index contributed by atoms with van der Waals surface area (Å²) in [6.45, 7) is 0.395. The number of carbonyl (C=O) groups excluding carboxylic acids is 1. The maximum Gasteiger partial charge on any atom is 0.246 e. The molecule has 0 saturated carbocycles. The molecule has 1 amide bonds. The Labute approximate surface area is 123 Å². The van der Waals surface area contributed by atoms with Crippen molar-refractivity contribution in [2.24, 2.45) is 16.5 Å². The van der Waals surface area contributed by atoms with E-state index in [0.29, 0.717) is 13.0 Å². The molecule has 2 atom stereocenters. The molecule has 1 aromatic rings. The number of hydrogen-bond donors (Lipinski definition) is 3. The number of nitrogens with one attached hydrogen (secondary N) is 1. The first kappa shape index (κ1) is 15.1. The molecule has 2 rings (SSSR count). The lowest BCUT2D eigenvalue weighted by Gasteiger charge is -2.10. The molecular weight excluding hydrogens is 272 g/mol. The van der Waals surface area contributed by atoms with Gasteiger partial charge < -0.3 is 26.3 Å². The van der Waals surface area contributed by atoms with Gasteiger partial charge in [-0.25, -0.2) is 0 Å². The number of methoxy groups -OCH3 is 1. The van der Waals surface area contributed by atoms with Crippen LogP contribution in [-0.2, 0) is 9.53 Å². The third-order valence-corrected chi connectivity index (χ3v) is 3.23. The van der Waals surface area contributed by atoms with Crippen molar-refractivity contribution in [1.29, 1.82) is 0 Å². The minimum Gasteiger partial charge on any atom is -0.497 e. The highest BCUT2D eigenvalue weighted by atomic mass is 16.5. The SMILES string of the molecule is COc1cccc(NC(N)=NCC2CCC(C(N)=O)O2)c1. The van der Waals surface area contributed by atoms with Crippen LogP contribution in [0.5, 0.6) is 5.75 Å². The van der Waals surface area contributed by atoms with Gasteiger partial charge in [0.25, 0.3) is 0 Å². The number of nitrogens with two attached hydrogens (primary N) is 2. The van der Waals surface area contributed by atoms with Crippen molar-refractivity contribution in [3.05, 3.63) is 24.3 Å². The fourth-order valence-corrected chi connectivity index (χ4v) is 2.14. The monoisotopic (exact) mass is 292 g/mol. The summed E-state index contributed by atoms with van der Waals surface area (Å²) in [5, 5.41) is 2.98. The molecule has 2 unspecified atom stereocenters. The topological polar surface area (TPSA) is 112 Å². The predicted octanol–water partition coefficient (Wildman–Crippen LogP) is 0.455. The van der Waals surface area contributed by atoms with Crippen LogP contribution in [0.25, 0.3) is 0 Å². The van der Waals surface area contributed by atoms with Gasteiger partial charge in [-0.15, -0.1) is 0 Å². The minimum atomic E-state index is -0.502. The lowest BCUT2D eigenvalue weighted by molar-refractivity contribution is -0.128. The number of amides is 1. The van der Waals surface area contributed by atoms with E-state index in [9.17, 15) is 4.79 Å². The Morgan fingerprint density at radius 2 is 2.29 bits per heavy atom. The molecule has 21 heavy (non-hydrogen) atoms. The zero-order valence-electron chi connectivity index (χ0n) is 11.9. The van der Waals surface area contributed by atoms with E-state index >= 15 is 0 Å². The Morgan fingerprint density at radius 1 is 1.48 bits per heavy atom. The molecular formula is C14H20N4O3. The second-order valence-electron chi connectivity index (χ2n) is 4.81. The van der Waals surface area contributed by atoms with Crippen molar-refractivity contribution in [1.82, 2.24) is 0 Å². The largest absolute Gasteiger partial charge is 0.497 e. The summed E-state index contributed by atoms with van der Waals surface area (Å²) in [6.07, 6.45) is 0.772. The van der Waals surface area contributed by atoms with Crippen LogP contribution in [0.4, 0.5) is 5.69 Å². The minimum absolute atomic E-state index is 0.117. The summed E-state index contributed by atoms with van der Waals surface area (Å²) in [5.41, 5.74) is 11.8. The van der Waals surface area contributed by atoms with E-state index in [-0.39, 0.29) is 12.1 Å². The Hall–Kier alpha value is -2.28. The fraction of sp³-hybridized carbons (Fsp3) is 0.429. The predicted molar refractivity (Wildman–Crippen MR) is 80.2 cm³/mol. The van der Waals surface area contributed by atoms with Gasteiger partial charge in [0.1, 0.15) is 11.9 Å². The summed E-state index contributed by atoms with van der Waals surface area (Å²) >= 11 is 0. The highest BCUT2D eigenvalue weighted by molar-refractivity contribution is 5.92. The van der Waals surface area contributed by atoms with Crippen molar-refractivity contribution < 1.29 is 14.3 Å². The van der Waals surface area contributed by atoms with E-state index in [0.717, 1.165) is 17.9 Å². The molecule has 0 spiro atoms. The summed E-state index contributed by atoms with van der Waals surface area (Å²) in [4.78, 5) is 15.2. The normalized spacial score (nSPS) is 22.0. The van der Waals surface area contributed by atoms with Gasteiger partial charge in [-0.3, -0.25) is 9.79 Å². The molecule has 1 heterocycles. The zero-order chi connectivity index (χ0) is 15.2. The van der Waals surface area contributed by atoms with Gasteiger partial charge in [-0.2, -0.15) is 0 Å². The second kappa shape index (κ2) is 6.94. The number of anilines is 1. The zero-order valence-corrected chi connectivity index (χ0v) is 11.9. The Balaban J connectivity index is 1.85. The Kier molecular flexibility index (Phi) is 4.99. The number of ether oxygens (including phenoxy) is 2. The number of benzene rings is 1. The Bertz CT molecular complexity index is 533. The number of rotatable bonds is 5. The smallest absolute Gasteiger partial charge is 0.246 e. The molecule has 0 bridgehead atoms. The quantitative estimate of drug-likeness (QED) is 0.539. The molecule has 0 aliphatic carbocycles. The van der Waals surface area contributed by atoms with Crippen molar-refractivity contribution in [3.63, 3.8) is 0 Å². The van der Waals surface area contributed by atoms with Crippen LogP contribution < -0.4 is 21.5 Å². The van der Waals surface area contributed by atoms with Crippen molar-refractivity contribution in [2.45, 2.75) is 25.0 Å². The first-order chi connectivity index (χ1) is 10.1. The first-order valence-corrected chi connectivity index (χ1v) is 6.74. The lowest BCUT2D eigenvalue weighted by Crippen LogP contribution is -2.29. The number of carbonyl (C=O) groups is 1. The summed E-state index contributed by atoms with van der Waals surface area (Å²) in [5.74, 6) is 0.592. The number of primary amides is 1. The standard InChI is InChI=1S/C14H20N4O3/c1-20-10-4-2-3-9(7-10)18-14(16)17-8-11-5-6-12(21-11)13(15)19/h2-4,7,11-12H,5-6,8H2,1H3,(H2,15,19)(H3,16,17,18). The van der Waals surface area contributed by atoms with Crippen LogP contribution in [0, 0.1) is 0 Å². The molecule has 1 aliphatic rings. The molecule has 5 N–H and O–H groups in total. The molecule has 0 aromatic heterocycles. The van der Waals surface area contributed by atoms with E-state index in [4.69, 9.17) is 20.9 Å². The maximum absolute atomic E-state index is 11.0. The number of hydrogen-bond acceptors (Lipinski definition) is 4. The number of aliphatic imine (C=N–C) groups is 1. The highest BCUT2D eigenvalue weighted by Crippen LogP contribution is 2.20. The summed E-state index contributed by atoms with van der Waals surface area (Å²) in [7, 11) is 1.60. The Morgan fingerprint density at radius 3 is 2.95 bits per heavy atom. The maximum atomic E-state index is 11.0. The van der Waals surface area contributed by atoms with E-state index in [1.54, 1.807) is 7.11 Å². The van der Waals surface area contributed by atoms with Crippen LogP contribution in [0.2, 0.25) is 0 Å². The molecule has 0 radical (unpaired) electrons. The second-order valence-corrected chi connectivity index (χ2v) is 4.81. The molecule has 1 fully saturated rings. The number of nitrogens with zero attached hydrogens (tertiary/aromatic N) is 1. The third-order valence-electron chi connectivity index (χ3n) is 3.23. The van der Waals surface area contributed by atoms with Gasteiger partial charge in [0.2, 0.25) is 5.91 Å². The van der Waals surface area contributed by atoms with Crippen LogP contribution >= 0.6 is 0 Å². The van der Waals surface area contributed by atoms with E-state index < -0.39 is 12.0 Å². The van der Waals surface area contributed by atoms with Crippen LogP contribution in [-0.4, -0.2) is 37.7 Å². The van der Waals surface area contributed by atoms with Gasteiger partial charge in [0, 0.05) is 11.8 Å². The van der Waals surface area contributed by atoms with E-state index in [1.165, 1.54) is 0 Å². The lowest BCUT2D eigenvalue weighted by atomic mass is 10.2.